The van der Waals surface area contributed by atoms with E-state index in [1.165, 1.54) is 5.56 Å². The average Bonchev–Trinajstić information content (AvgIpc) is 2.29. The zero-order chi connectivity index (χ0) is 11.1. The summed E-state index contributed by atoms with van der Waals surface area (Å²) in [7, 11) is 0. The number of hydrogen-bond acceptors (Lipinski definition) is 2. The van der Waals surface area contributed by atoms with Crippen LogP contribution in [0.2, 0.25) is 5.02 Å². The number of nitrogens with one attached hydrogen (secondary N) is 1. The maximum absolute atomic E-state index is 11.8. The number of benzene rings is 1. The predicted molar refractivity (Wildman–Crippen MR) is 62.5 cm³/mol. The highest BCUT2D eigenvalue weighted by molar-refractivity contribution is 6.31. The van der Waals surface area contributed by atoms with Crippen molar-refractivity contribution >= 4 is 17.5 Å². The number of carbonyl (C=O) groups excluding carboxylic acids is 1. The van der Waals surface area contributed by atoms with Gasteiger partial charge in [-0.05, 0) is 23.6 Å². The van der Waals surface area contributed by atoms with E-state index in [0.717, 1.165) is 30.1 Å². The fourth-order valence-corrected chi connectivity index (χ4v) is 2.97. The van der Waals surface area contributed by atoms with Crippen LogP contribution in [0.5, 0.6) is 0 Å². The monoisotopic (exact) mass is 236 g/mol. The lowest BCUT2D eigenvalue weighted by atomic mass is 9.91. The standard InChI is InChI=1S/C12H13ClN2O/c13-9-3-1-2-8-4-5-15-10(12(8)9)6-14-7-11(15)16/h1-3,10,14H,4-7H2. The second-order valence-electron chi connectivity index (χ2n) is 4.30. The molecule has 1 unspecified atom stereocenters. The molecular weight excluding hydrogens is 224 g/mol. The quantitative estimate of drug-likeness (QED) is 0.738. The molecule has 1 N–H and O–H groups in total. The number of hydrogen-bond donors (Lipinski definition) is 1. The van der Waals surface area contributed by atoms with Crippen LogP contribution >= 0.6 is 11.6 Å². The van der Waals surface area contributed by atoms with Gasteiger partial charge in [-0.3, -0.25) is 4.79 Å². The molecule has 1 aromatic carbocycles. The molecule has 0 saturated carbocycles. The van der Waals surface area contributed by atoms with Gasteiger partial charge in [-0.15, -0.1) is 0 Å². The minimum absolute atomic E-state index is 0.124. The first-order valence-electron chi connectivity index (χ1n) is 5.55. The molecule has 84 valence electrons. The molecule has 2 aliphatic heterocycles. The summed E-state index contributed by atoms with van der Waals surface area (Å²) >= 11 is 6.24. The van der Waals surface area contributed by atoms with Crippen LogP contribution in [-0.2, 0) is 11.2 Å². The number of carbonyl (C=O) groups is 1. The van der Waals surface area contributed by atoms with Gasteiger partial charge in [0.1, 0.15) is 0 Å². The highest BCUT2D eigenvalue weighted by Crippen LogP contribution is 2.35. The van der Waals surface area contributed by atoms with E-state index in [1.54, 1.807) is 0 Å². The van der Waals surface area contributed by atoms with E-state index in [1.807, 2.05) is 17.0 Å². The summed E-state index contributed by atoms with van der Waals surface area (Å²) in [4.78, 5) is 13.7. The molecule has 3 nitrogen and oxygen atoms in total. The van der Waals surface area contributed by atoms with E-state index in [-0.39, 0.29) is 11.9 Å². The molecule has 0 aromatic heterocycles. The van der Waals surface area contributed by atoms with Gasteiger partial charge < -0.3 is 10.2 Å². The first-order chi connectivity index (χ1) is 7.77. The van der Waals surface area contributed by atoms with Crippen LogP contribution < -0.4 is 5.32 Å². The lowest BCUT2D eigenvalue weighted by Gasteiger charge is -2.41. The summed E-state index contributed by atoms with van der Waals surface area (Å²) in [6, 6.07) is 6.12. The van der Waals surface area contributed by atoms with Gasteiger partial charge in [-0.2, -0.15) is 0 Å². The minimum Gasteiger partial charge on any atom is -0.333 e. The summed E-state index contributed by atoms with van der Waals surface area (Å²) < 4.78 is 0. The lowest BCUT2D eigenvalue weighted by Crippen LogP contribution is -2.52. The summed E-state index contributed by atoms with van der Waals surface area (Å²) in [5.41, 5.74) is 2.42. The van der Waals surface area contributed by atoms with Crippen molar-refractivity contribution in [1.82, 2.24) is 10.2 Å². The summed E-state index contributed by atoms with van der Waals surface area (Å²) in [6.07, 6.45) is 0.915. The van der Waals surface area contributed by atoms with Gasteiger partial charge >= 0.3 is 0 Å². The smallest absolute Gasteiger partial charge is 0.237 e. The maximum atomic E-state index is 11.8. The van der Waals surface area contributed by atoms with Crippen molar-refractivity contribution in [2.24, 2.45) is 0 Å². The van der Waals surface area contributed by atoms with Crippen molar-refractivity contribution in [2.45, 2.75) is 12.5 Å². The number of fused-ring (bicyclic) bond motifs is 3. The summed E-state index contributed by atoms with van der Waals surface area (Å²) in [5, 5.41) is 3.93. The van der Waals surface area contributed by atoms with E-state index in [4.69, 9.17) is 11.6 Å². The average molecular weight is 237 g/mol. The molecule has 3 rings (SSSR count). The van der Waals surface area contributed by atoms with Crippen molar-refractivity contribution < 1.29 is 4.79 Å². The Hall–Kier alpha value is -1.06. The van der Waals surface area contributed by atoms with Gasteiger partial charge in [0.15, 0.2) is 0 Å². The molecule has 1 fully saturated rings. The van der Waals surface area contributed by atoms with Crippen LogP contribution in [-0.4, -0.2) is 30.4 Å². The summed E-state index contributed by atoms with van der Waals surface area (Å²) in [5.74, 6) is 0.182. The number of amides is 1. The van der Waals surface area contributed by atoms with Gasteiger partial charge in [0.25, 0.3) is 0 Å². The molecule has 2 heterocycles. The normalized spacial score (nSPS) is 23.9. The number of nitrogens with zero attached hydrogens (tertiary/aromatic N) is 1. The van der Waals surface area contributed by atoms with Crippen LogP contribution in [0, 0.1) is 0 Å². The molecule has 1 amide bonds. The van der Waals surface area contributed by atoms with E-state index in [2.05, 4.69) is 11.4 Å². The van der Waals surface area contributed by atoms with Crippen molar-refractivity contribution in [3.05, 3.63) is 34.3 Å². The Balaban J connectivity index is 2.08. The van der Waals surface area contributed by atoms with Gasteiger partial charge in [0.2, 0.25) is 5.91 Å². The topological polar surface area (TPSA) is 32.3 Å². The Morgan fingerprint density at radius 2 is 2.31 bits per heavy atom. The van der Waals surface area contributed by atoms with Crippen LogP contribution in [0.3, 0.4) is 0 Å². The fourth-order valence-electron chi connectivity index (χ4n) is 2.65. The van der Waals surface area contributed by atoms with Crippen LogP contribution in [0.25, 0.3) is 0 Å². The SMILES string of the molecule is O=C1CNCC2c3c(Cl)cccc3CCN12. The zero-order valence-corrected chi connectivity index (χ0v) is 9.63. The number of piperazine rings is 1. The highest BCUT2D eigenvalue weighted by Gasteiger charge is 2.34. The van der Waals surface area contributed by atoms with Gasteiger partial charge in [0, 0.05) is 18.1 Å². The number of rotatable bonds is 0. The highest BCUT2D eigenvalue weighted by atomic mass is 35.5. The molecular formula is C12H13ClN2O. The molecule has 0 radical (unpaired) electrons. The van der Waals surface area contributed by atoms with Crippen molar-refractivity contribution in [3.8, 4) is 0 Å². The fraction of sp³-hybridized carbons (Fsp3) is 0.417. The molecule has 16 heavy (non-hydrogen) atoms. The molecule has 1 atom stereocenters. The third-order valence-corrected chi connectivity index (χ3v) is 3.74. The van der Waals surface area contributed by atoms with E-state index < -0.39 is 0 Å². The van der Waals surface area contributed by atoms with Crippen molar-refractivity contribution in [2.75, 3.05) is 19.6 Å². The molecule has 1 aromatic rings. The first-order valence-corrected chi connectivity index (χ1v) is 5.92. The maximum Gasteiger partial charge on any atom is 0.237 e. The molecule has 1 saturated heterocycles. The third kappa shape index (κ3) is 1.43. The Kier molecular flexibility index (Phi) is 2.37. The predicted octanol–water partition coefficient (Wildman–Crippen LogP) is 1.37. The van der Waals surface area contributed by atoms with E-state index in [0.29, 0.717) is 6.54 Å². The zero-order valence-electron chi connectivity index (χ0n) is 8.87. The summed E-state index contributed by atoms with van der Waals surface area (Å²) in [6.45, 7) is 2.08. The molecule has 0 spiro atoms. The third-order valence-electron chi connectivity index (χ3n) is 3.41. The lowest BCUT2D eigenvalue weighted by molar-refractivity contribution is -0.135. The Morgan fingerprint density at radius 3 is 3.19 bits per heavy atom. The minimum atomic E-state index is 0.124. The van der Waals surface area contributed by atoms with Crippen LogP contribution in [0.4, 0.5) is 0 Å². The molecule has 0 aliphatic carbocycles. The van der Waals surface area contributed by atoms with Gasteiger partial charge in [0.05, 0.1) is 12.6 Å². The van der Waals surface area contributed by atoms with E-state index in [9.17, 15) is 4.79 Å². The Labute approximate surface area is 99.4 Å². The molecule has 2 aliphatic rings. The Bertz CT molecular complexity index is 447. The van der Waals surface area contributed by atoms with Crippen LogP contribution in [0.1, 0.15) is 17.2 Å². The molecule has 4 heteroatoms. The van der Waals surface area contributed by atoms with Gasteiger partial charge in [-0.1, -0.05) is 23.7 Å². The Morgan fingerprint density at radius 1 is 1.44 bits per heavy atom. The van der Waals surface area contributed by atoms with Crippen molar-refractivity contribution in [1.29, 1.82) is 0 Å². The van der Waals surface area contributed by atoms with E-state index >= 15 is 0 Å². The molecule has 0 bridgehead atoms. The van der Waals surface area contributed by atoms with Crippen LogP contribution in [0.15, 0.2) is 18.2 Å². The largest absolute Gasteiger partial charge is 0.333 e. The first kappa shape index (κ1) is 10.1. The second-order valence-corrected chi connectivity index (χ2v) is 4.70. The van der Waals surface area contributed by atoms with Gasteiger partial charge in [-0.25, -0.2) is 0 Å². The number of halogens is 1. The van der Waals surface area contributed by atoms with Crippen molar-refractivity contribution in [3.63, 3.8) is 0 Å². The second kappa shape index (κ2) is 3.75.